The number of hydrogen-bond donors (Lipinski definition) is 2. The van der Waals surface area contributed by atoms with Gasteiger partial charge < -0.3 is 15.4 Å². The van der Waals surface area contributed by atoms with E-state index in [4.69, 9.17) is 4.74 Å². The fourth-order valence-corrected chi connectivity index (χ4v) is 4.28. The Hall–Kier alpha value is -0.950. The van der Waals surface area contributed by atoms with E-state index in [1.165, 1.54) is 4.88 Å². The van der Waals surface area contributed by atoms with E-state index in [1.54, 1.807) is 11.3 Å². The first-order valence-corrected chi connectivity index (χ1v) is 9.45. The van der Waals surface area contributed by atoms with Crippen LogP contribution in [0.2, 0.25) is 0 Å². The first kappa shape index (κ1) is 16.9. The van der Waals surface area contributed by atoms with Crippen LogP contribution >= 0.6 is 11.3 Å². The van der Waals surface area contributed by atoms with Gasteiger partial charge in [0.25, 0.3) is 0 Å². The van der Waals surface area contributed by atoms with E-state index in [1.807, 2.05) is 6.92 Å². The van der Waals surface area contributed by atoms with Crippen LogP contribution in [-0.4, -0.2) is 55.7 Å². The lowest BCUT2D eigenvalue weighted by atomic mass is 9.90. The van der Waals surface area contributed by atoms with Crippen LogP contribution in [0.5, 0.6) is 0 Å². The molecule has 6 heteroatoms. The molecule has 2 unspecified atom stereocenters. The minimum Gasteiger partial charge on any atom is -0.379 e. The highest BCUT2D eigenvalue weighted by atomic mass is 32.1. The highest BCUT2D eigenvalue weighted by Crippen LogP contribution is 2.26. The van der Waals surface area contributed by atoms with Crippen LogP contribution in [0.1, 0.15) is 37.1 Å². The Morgan fingerprint density at radius 1 is 1.48 bits per heavy atom. The van der Waals surface area contributed by atoms with Crippen molar-refractivity contribution in [2.75, 3.05) is 39.4 Å². The van der Waals surface area contributed by atoms with Crippen LogP contribution in [0, 0.1) is 0 Å². The van der Waals surface area contributed by atoms with Crippen molar-refractivity contribution in [3.63, 3.8) is 0 Å². The van der Waals surface area contributed by atoms with E-state index >= 15 is 0 Å². The van der Waals surface area contributed by atoms with Crippen LogP contribution in [0.25, 0.3) is 0 Å². The maximum atomic E-state index is 12.7. The maximum Gasteiger partial charge on any atom is 0.240 e. The van der Waals surface area contributed by atoms with Crippen molar-refractivity contribution in [2.45, 2.75) is 37.8 Å². The van der Waals surface area contributed by atoms with E-state index in [-0.39, 0.29) is 11.9 Å². The number of thiophene rings is 1. The van der Waals surface area contributed by atoms with Crippen LogP contribution in [0.15, 0.2) is 17.5 Å². The van der Waals surface area contributed by atoms with Crippen LogP contribution in [0.3, 0.4) is 0 Å². The molecule has 128 valence electrons. The van der Waals surface area contributed by atoms with E-state index < -0.39 is 5.54 Å². The number of morpholine rings is 1. The lowest BCUT2D eigenvalue weighted by Gasteiger charge is -2.36. The molecular weight excluding hydrogens is 310 g/mol. The third-order valence-corrected chi connectivity index (χ3v) is 5.91. The molecule has 3 heterocycles. The Kier molecular flexibility index (Phi) is 5.69. The number of carbonyl (C=O) groups excluding carboxylic acids is 1. The Balaban J connectivity index is 1.63. The van der Waals surface area contributed by atoms with Gasteiger partial charge in [-0.2, -0.15) is 0 Å². The first-order chi connectivity index (χ1) is 11.2. The number of amides is 1. The number of hydrogen-bond acceptors (Lipinski definition) is 5. The van der Waals surface area contributed by atoms with Crippen LogP contribution in [0.4, 0.5) is 0 Å². The lowest BCUT2D eigenvalue weighted by molar-refractivity contribution is -0.128. The minimum atomic E-state index is -0.413. The fourth-order valence-electron chi connectivity index (χ4n) is 3.41. The number of nitrogens with one attached hydrogen (secondary N) is 2. The molecule has 1 aromatic heterocycles. The molecule has 2 aliphatic rings. The molecule has 5 nitrogen and oxygen atoms in total. The molecular formula is C17H27N3O2S. The Bertz CT molecular complexity index is 494. The molecule has 0 aromatic carbocycles. The van der Waals surface area contributed by atoms with Gasteiger partial charge in [-0.05, 0) is 44.2 Å². The topological polar surface area (TPSA) is 53.6 Å². The average Bonchev–Trinajstić information content (AvgIpc) is 3.11. The zero-order valence-corrected chi connectivity index (χ0v) is 14.7. The summed E-state index contributed by atoms with van der Waals surface area (Å²) < 4.78 is 5.47. The van der Waals surface area contributed by atoms with E-state index in [0.29, 0.717) is 6.54 Å². The first-order valence-electron chi connectivity index (χ1n) is 8.57. The van der Waals surface area contributed by atoms with E-state index in [2.05, 4.69) is 33.0 Å². The normalized spacial score (nSPS) is 27.5. The molecule has 2 saturated heterocycles. The van der Waals surface area contributed by atoms with Crippen molar-refractivity contribution in [3.05, 3.63) is 22.4 Å². The number of piperidine rings is 1. The third-order valence-electron chi connectivity index (χ3n) is 4.93. The number of rotatable bonds is 5. The molecule has 2 N–H and O–H groups in total. The molecule has 0 aliphatic carbocycles. The van der Waals surface area contributed by atoms with Gasteiger partial charge in [0.2, 0.25) is 5.91 Å². The Morgan fingerprint density at radius 3 is 2.96 bits per heavy atom. The summed E-state index contributed by atoms with van der Waals surface area (Å²) in [5.41, 5.74) is -0.413. The summed E-state index contributed by atoms with van der Waals surface area (Å²) in [7, 11) is 0. The van der Waals surface area contributed by atoms with Crippen molar-refractivity contribution < 1.29 is 9.53 Å². The minimum absolute atomic E-state index is 0.131. The summed E-state index contributed by atoms with van der Waals surface area (Å²) in [5.74, 6) is 0.131. The van der Waals surface area contributed by atoms with Crippen molar-refractivity contribution in [1.82, 2.24) is 15.5 Å². The summed E-state index contributed by atoms with van der Waals surface area (Å²) in [6, 6.07) is 4.49. The third kappa shape index (κ3) is 4.12. The zero-order valence-electron chi connectivity index (χ0n) is 13.8. The van der Waals surface area contributed by atoms with Gasteiger partial charge in [0.15, 0.2) is 0 Å². The Labute approximate surface area is 142 Å². The monoisotopic (exact) mass is 337 g/mol. The van der Waals surface area contributed by atoms with Gasteiger partial charge >= 0.3 is 0 Å². The molecule has 1 amide bonds. The largest absolute Gasteiger partial charge is 0.379 e. The van der Waals surface area contributed by atoms with Crippen molar-refractivity contribution >= 4 is 17.2 Å². The Morgan fingerprint density at radius 2 is 2.30 bits per heavy atom. The van der Waals surface area contributed by atoms with Gasteiger partial charge in [0.05, 0.1) is 24.8 Å². The predicted molar refractivity (Wildman–Crippen MR) is 92.7 cm³/mol. The van der Waals surface area contributed by atoms with Gasteiger partial charge in [0, 0.05) is 24.5 Å². The predicted octanol–water partition coefficient (Wildman–Crippen LogP) is 1.77. The standard InChI is InChI=1S/C17H27N3O2S/c1-17(6-2-3-7-19-17)16(21)18-13-14(15-5-4-12-23-15)20-8-10-22-11-9-20/h4-5,12,14,19H,2-3,6-11,13H2,1H3,(H,18,21). The average molecular weight is 337 g/mol. The molecule has 2 atom stereocenters. The van der Waals surface area contributed by atoms with Gasteiger partial charge in [-0.25, -0.2) is 0 Å². The van der Waals surface area contributed by atoms with Crippen molar-refractivity contribution in [2.24, 2.45) is 0 Å². The summed E-state index contributed by atoms with van der Waals surface area (Å²) in [6.45, 7) is 7.01. The molecule has 2 aliphatic heterocycles. The molecule has 0 bridgehead atoms. The van der Waals surface area contributed by atoms with Gasteiger partial charge in [-0.15, -0.1) is 11.3 Å². The molecule has 0 saturated carbocycles. The van der Waals surface area contributed by atoms with Gasteiger partial charge in [-0.3, -0.25) is 9.69 Å². The van der Waals surface area contributed by atoms with Gasteiger partial charge in [0.1, 0.15) is 0 Å². The lowest BCUT2D eigenvalue weighted by Crippen LogP contribution is -2.58. The summed E-state index contributed by atoms with van der Waals surface area (Å²) in [4.78, 5) is 16.4. The SMILES string of the molecule is CC1(C(=O)NCC(c2cccs2)N2CCOCC2)CCCCN1. The molecule has 23 heavy (non-hydrogen) atoms. The van der Waals surface area contributed by atoms with Crippen LogP contribution < -0.4 is 10.6 Å². The molecule has 1 aromatic rings. The second kappa shape index (κ2) is 7.75. The number of carbonyl (C=O) groups is 1. The van der Waals surface area contributed by atoms with E-state index in [9.17, 15) is 4.79 Å². The summed E-state index contributed by atoms with van der Waals surface area (Å²) in [5, 5.41) is 8.70. The van der Waals surface area contributed by atoms with Gasteiger partial charge in [-0.1, -0.05) is 6.07 Å². The molecule has 0 spiro atoms. The quantitative estimate of drug-likeness (QED) is 0.860. The highest BCUT2D eigenvalue weighted by molar-refractivity contribution is 7.10. The van der Waals surface area contributed by atoms with E-state index in [0.717, 1.165) is 52.1 Å². The maximum absolute atomic E-state index is 12.7. The zero-order chi connectivity index (χ0) is 16.1. The smallest absolute Gasteiger partial charge is 0.240 e. The molecule has 3 rings (SSSR count). The second-order valence-electron chi connectivity index (χ2n) is 6.61. The van der Waals surface area contributed by atoms with Crippen molar-refractivity contribution in [1.29, 1.82) is 0 Å². The fraction of sp³-hybridized carbons (Fsp3) is 0.706. The summed E-state index contributed by atoms with van der Waals surface area (Å²) in [6.07, 6.45) is 3.20. The summed E-state index contributed by atoms with van der Waals surface area (Å²) >= 11 is 1.76. The molecule has 2 fully saturated rings. The van der Waals surface area contributed by atoms with Crippen molar-refractivity contribution in [3.8, 4) is 0 Å². The second-order valence-corrected chi connectivity index (χ2v) is 7.58. The molecule has 0 radical (unpaired) electrons. The number of nitrogens with zero attached hydrogens (tertiary/aromatic N) is 1. The highest BCUT2D eigenvalue weighted by Gasteiger charge is 2.35. The number of ether oxygens (including phenoxy) is 1. The van der Waals surface area contributed by atoms with Crippen LogP contribution in [-0.2, 0) is 9.53 Å².